The molecule has 0 radical (unpaired) electrons. The molecule has 1 aliphatic heterocycles. The number of carbonyl (C=O) groups excluding carboxylic acids is 1. The number of benzene rings is 1. The van der Waals surface area contributed by atoms with E-state index < -0.39 is 15.4 Å². The second-order valence-electron chi connectivity index (χ2n) is 9.31. The first kappa shape index (κ1) is 22.3. The highest BCUT2D eigenvalue weighted by atomic mass is 32.2. The maximum Gasteiger partial charge on any atom is 0.223 e. The van der Waals surface area contributed by atoms with Gasteiger partial charge in [0, 0.05) is 35.2 Å². The Morgan fingerprint density at radius 1 is 1.41 bits per heavy atom. The average molecular weight is 457 g/mol. The van der Waals surface area contributed by atoms with E-state index in [1.165, 1.54) is 0 Å². The van der Waals surface area contributed by atoms with Crippen LogP contribution in [0.4, 0.5) is 0 Å². The van der Waals surface area contributed by atoms with E-state index in [1.54, 1.807) is 6.92 Å². The van der Waals surface area contributed by atoms with Crippen LogP contribution in [0.15, 0.2) is 24.3 Å². The third-order valence-corrected chi connectivity index (χ3v) is 8.23. The fourth-order valence-electron chi connectivity index (χ4n) is 4.77. The van der Waals surface area contributed by atoms with Gasteiger partial charge in [-0.05, 0) is 45.7 Å². The number of amides is 1. The normalized spacial score (nSPS) is 20.7. The van der Waals surface area contributed by atoms with Gasteiger partial charge in [0.1, 0.15) is 11.8 Å². The van der Waals surface area contributed by atoms with Crippen LogP contribution in [0.1, 0.15) is 44.5 Å². The second-order valence-corrected chi connectivity index (χ2v) is 11.4. The summed E-state index contributed by atoms with van der Waals surface area (Å²) in [6.45, 7) is 5.90. The zero-order valence-electron chi connectivity index (χ0n) is 18.6. The molecule has 2 aromatic rings. The minimum atomic E-state index is -3.03. The van der Waals surface area contributed by atoms with Gasteiger partial charge in [0.05, 0.1) is 22.7 Å². The van der Waals surface area contributed by atoms with Crippen molar-refractivity contribution in [3.8, 4) is 23.1 Å². The van der Waals surface area contributed by atoms with Crippen molar-refractivity contribution in [1.82, 2.24) is 15.1 Å². The monoisotopic (exact) mass is 456 g/mol. The first-order valence-electron chi connectivity index (χ1n) is 10.8. The maximum absolute atomic E-state index is 13.0. The molecule has 0 bridgehead atoms. The fraction of sp³-hybridized carbons (Fsp3) is 0.522. The zero-order chi connectivity index (χ0) is 23.1. The molecule has 0 saturated carbocycles. The highest BCUT2D eigenvalue weighted by Gasteiger charge is 2.46. The lowest BCUT2D eigenvalue weighted by Crippen LogP contribution is -2.64. The van der Waals surface area contributed by atoms with E-state index in [2.05, 4.69) is 19.2 Å². The molecular formula is C23H28N4O4S. The molecule has 2 heterocycles. The van der Waals surface area contributed by atoms with E-state index in [9.17, 15) is 13.2 Å². The van der Waals surface area contributed by atoms with E-state index in [1.807, 2.05) is 35.0 Å². The number of rotatable bonds is 6. The molecule has 1 fully saturated rings. The summed E-state index contributed by atoms with van der Waals surface area (Å²) >= 11 is 0. The molecule has 1 aromatic carbocycles. The van der Waals surface area contributed by atoms with Crippen LogP contribution in [-0.2, 0) is 27.5 Å². The molecule has 1 aliphatic carbocycles. The quantitative estimate of drug-likeness (QED) is 0.714. The Labute approximate surface area is 188 Å². The summed E-state index contributed by atoms with van der Waals surface area (Å²) in [6, 6.07) is 9.67. The Hall–Kier alpha value is -2.86. The Bertz CT molecular complexity index is 1180. The average Bonchev–Trinajstić information content (AvgIpc) is 3.10. The Kier molecular flexibility index (Phi) is 5.76. The summed E-state index contributed by atoms with van der Waals surface area (Å²) in [7, 11) is -3.03. The topological polar surface area (TPSA) is 114 Å². The summed E-state index contributed by atoms with van der Waals surface area (Å²) in [4.78, 5) is 13.0. The van der Waals surface area contributed by atoms with Crippen molar-refractivity contribution >= 4 is 15.7 Å². The third kappa shape index (κ3) is 4.37. The number of aromatic nitrogens is 2. The Morgan fingerprint density at radius 2 is 2.16 bits per heavy atom. The molecular weight excluding hydrogens is 428 g/mol. The molecule has 2 aliphatic rings. The predicted molar refractivity (Wildman–Crippen MR) is 120 cm³/mol. The first-order chi connectivity index (χ1) is 15.1. The van der Waals surface area contributed by atoms with Crippen LogP contribution in [0.5, 0.6) is 5.75 Å². The molecule has 0 spiro atoms. The van der Waals surface area contributed by atoms with Crippen LogP contribution in [-0.4, -0.2) is 47.8 Å². The van der Waals surface area contributed by atoms with Gasteiger partial charge < -0.3 is 10.1 Å². The maximum atomic E-state index is 13.0. The van der Waals surface area contributed by atoms with Crippen molar-refractivity contribution in [2.75, 3.05) is 18.1 Å². The number of fused-ring (bicyclic) bond motifs is 1. The molecule has 1 atom stereocenters. The summed E-state index contributed by atoms with van der Waals surface area (Å²) < 4.78 is 30.6. The molecule has 1 saturated heterocycles. The van der Waals surface area contributed by atoms with Crippen molar-refractivity contribution in [3.05, 3.63) is 35.5 Å². The van der Waals surface area contributed by atoms with Gasteiger partial charge in [-0.3, -0.25) is 9.48 Å². The van der Waals surface area contributed by atoms with Crippen LogP contribution >= 0.6 is 0 Å². The van der Waals surface area contributed by atoms with Crippen LogP contribution < -0.4 is 10.1 Å². The van der Waals surface area contributed by atoms with E-state index in [0.29, 0.717) is 25.0 Å². The molecule has 1 N–H and O–H groups in total. The molecule has 1 amide bonds. The Balaban J connectivity index is 1.58. The molecule has 1 aromatic heterocycles. The largest absolute Gasteiger partial charge is 0.479 e. The number of carbonyl (C=O) groups is 1. The number of hydrogen-bond donors (Lipinski definition) is 1. The van der Waals surface area contributed by atoms with E-state index in [0.717, 1.165) is 22.5 Å². The van der Waals surface area contributed by atoms with Gasteiger partial charge in [0.25, 0.3) is 0 Å². The van der Waals surface area contributed by atoms with Crippen molar-refractivity contribution < 1.29 is 17.9 Å². The number of sulfone groups is 1. The van der Waals surface area contributed by atoms with Crippen molar-refractivity contribution in [1.29, 1.82) is 5.26 Å². The lowest BCUT2D eigenvalue weighted by molar-refractivity contribution is -0.126. The van der Waals surface area contributed by atoms with E-state index >= 15 is 0 Å². The van der Waals surface area contributed by atoms with Crippen molar-refractivity contribution in [2.24, 2.45) is 5.92 Å². The molecule has 1 unspecified atom stereocenters. The molecule has 170 valence electrons. The van der Waals surface area contributed by atoms with Gasteiger partial charge in [-0.2, -0.15) is 10.4 Å². The Morgan fingerprint density at radius 3 is 2.81 bits per heavy atom. The van der Waals surface area contributed by atoms with Gasteiger partial charge in [0.2, 0.25) is 5.91 Å². The van der Waals surface area contributed by atoms with E-state index in [4.69, 9.17) is 15.1 Å². The molecule has 4 rings (SSSR count). The van der Waals surface area contributed by atoms with Crippen LogP contribution in [0.25, 0.3) is 11.3 Å². The summed E-state index contributed by atoms with van der Waals surface area (Å²) in [5.41, 5.74) is 3.33. The molecule has 9 heteroatoms. The number of nitrogens with zero attached hydrogens (tertiary/aromatic N) is 3. The first-order valence-corrected chi connectivity index (χ1v) is 12.7. The minimum absolute atomic E-state index is 0.00198. The van der Waals surface area contributed by atoms with Crippen molar-refractivity contribution in [3.63, 3.8) is 0 Å². The number of hydrogen-bond acceptors (Lipinski definition) is 6. The minimum Gasteiger partial charge on any atom is -0.479 e. The van der Waals surface area contributed by atoms with E-state index in [-0.39, 0.29) is 36.0 Å². The fourth-order valence-corrected chi connectivity index (χ4v) is 6.77. The lowest BCUT2D eigenvalue weighted by Gasteiger charge is -2.39. The van der Waals surface area contributed by atoms with Crippen LogP contribution in [0, 0.1) is 17.2 Å². The molecule has 32 heavy (non-hydrogen) atoms. The van der Waals surface area contributed by atoms with Crippen molar-refractivity contribution in [2.45, 2.75) is 51.6 Å². The summed E-state index contributed by atoms with van der Waals surface area (Å²) in [6.07, 6.45) is 1.97. The van der Waals surface area contributed by atoms with Gasteiger partial charge in [0.15, 0.2) is 16.4 Å². The van der Waals surface area contributed by atoms with Gasteiger partial charge in [-0.1, -0.05) is 12.1 Å². The summed E-state index contributed by atoms with van der Waals surface area (Å²) in [5, 5.41) is 16.6. The number of nitrogens with one attached hydrogen (secondary N) is 1. The number of ether oxygens (including phenoxy) is 1. The summed E-state index contributed by atoms with van der Waals surface area (Å²) in [5.74, 6) is 0.325. The van der Waals surface area contributed by atoms with Gasteiger partial charge in [-0.15, -0.1) is 0 Å². The van der Waals surface area contributed by atoms with Crippen LogP contribution in [0.2, 0.25) is 0 Å². The predicted octanol–water partition coefficient (Wildman–Crippen LogP) is 2.44. The third-order valence-electron chi connectivity index (χ3n) is 6.07. The second kappa shape index (κ2) is 8.24. The number of nitriles is 1. The van der Waals surface area contributed by atoms with Gasteiger partial charge in [-0.25, -0.2) is 8.42 Å². The smallest absolute Gasteiger partial charge is 0.223 e. The van der Waals surface area contributed by atoms with Gasteiger partial charge >= 0.3 is 0 Å². The SMILES string of the molecule is CC(C)n1nc(-c2cccc(OCC#N)c2)c2c1CC(C(=O)NC1(C)CS(=O)(=O)C1)CC2. The van der Waals surface area contributed by atoms with Crippen LogP contribution in [0.3, 0.4) is 0 Å². The highest BCUT2D eigenvalue weighted by molar-refractivity contribution is 7.93. The highest BCUT2D eigenvalue weighted by Crippen LogP contribution is 2.36. The standard InChI is InChI=1S/C23H28N4O4S/c1-15(2)27-20-12-17(22(28)25-23(3)13-32(29,30)14-23)7-8-19(20)21(26-27)16-5-4-6-18(11-16)31-10-9-24/h4-6,11,15,17H,7-8,10,12-14H2,1-3H3,(H,25,28). The zero-order valence-corrected chi connectivity index (χ0v) is 19.4. The lowest BCUT2D eigenvalue weighted by atomic mass is 9.84. The molecule has 8 nitrogen and oxygen atoms in total.